The Morgan fingerprint density at radius 2 is 1.54 bits per heavy atom. The van der Waals surface area contributed by atoms with E-state index in [1.54, 1.807) is 24.3 Å². The highest BCUT2D eigenvalue weighted by molar-refractivity contribution is 7.90. The summed E-state index contributed by atoms with van der Waals surface area (Å²) in [6.45, 7) is 0. The van der Waals surface area contributed by atoms with E-state index in [1.165, 1.54) is 11.2 Å². The number of hydrogen-bond acceptors (Lipinski definition) is 4. The van der Waals surface area contributed by atoms with Gasteiger partial charge < -0.3 is 0 Å². The highest BCUT2D eigenvalue weighted by Crippen LogP contribution is 2.61. The number of nitrogens with zero attached hydrogens (tertiary/aromatic N) is 1. The van der Waals surface area contributed by atoms with Crippen molar-refractivity contribution in [3.63, 3.8) is 0 Å². The third-order valence-electron chi connectivity index (χ3n) is 7.04. The maximum Gasteiger partial charge on any atom is 0.261 e. The van der Waals surface area contributed by atoms with Crippen molar-refractivity contribution in [1.82, 2.24) is 4.90 Å². The van der Waals surface area contributed by atoms with E-state index in [-0.39, 0.29) is 40.9 Å². The van der Waals surface area contributed by atoms with Crippen LogP contribution in [0.1, 0.15) is 52.8 Å². The van der Waals surface area contributed by atoms with Crippen LogP contribution in [0.2, 0.25) is 0 Å². The number of carbonyl (C=O) groups is 2. The second-order valence-electron chi connectivity index (χ2n) is 9.06. The van der Waals surface area contributed by atoms with E-state index in [2.05, 4.69) is 0 Å². The predicted octanol–water partition coefficient (Wildman–Crippen LogP) is 2.52. The molecule has 4 bridgehead atoms. The van der Waals surface area contributed by atoms with Crippen LogP contribution in [0.25, 0.3) is 0 Å². The van der Waals surface area contributed by atoms with Gasteiger partial charge in [-0.15, -0.1) is 0 Å². The van der Waals surface area contributed by atoms with Gasteiger partial charge in [-0.2, -0.15) is 0 Å². The standard InChI is InChI=1S/C20H23NO4S/c1-26(24,25)11-20-8-12-6-13(9-20)17(14(7-12)10-20)21-18(22)15-4-2-3-5-16(15)19(21)23/h2-5,12-14,17H,6-11H2,1H3. The number of benzene rings is 1. The molecular formula is C20H23NO4S. The first-order chi connectivity index (χ1) is 12.3. The van der Waals surface area contributed by atoms with E-state index >= 15 is 0 Å². The van der Waals surface area contributed by atoms with Gasteiger partial charge in [0.25, 0.3) is 11.8 Å². The molecule has 5 nitrogen and oxygen atoms in total. The molecule has 0 spiro atoms. The first-order valence-corrected chi connectivity index (χ1v) is 11.5. The molecule has 4 saturated carbocycles. The number of fused-ring (bicyclic) bond motifs is 1. The van der Waals surface area contributed by atoms with Crippen LogP contribution in [0, 0.1) is 23.2 Å². The number of rotatable bonds is 3. The molecule has 1 aliphatic heterocycles. The van der Waals surface area contributed by atoms with Gasteiger partial charge in [0.1, 0.15) is 9.84 Å². The van der Waals surface area contributed by atoms with Gasteiger partial charge in [-0.1, -0.05) is 12.1 Å². The normalized spacial score (nSPS) is 38.1. The Labute approximate surface area is 153 Å². The summed E-state index contributed by atoms with van der Waals surface area (Å²) in [6.07, 6.45) is 5.99. The van der Waals surface area contributed by atoms with Crippen molar-refractivity contribution in [3.8, 4) is 0 Å². The molecule has 6 rings (SSSR count). The molecular weight excluding hydrogens is 350 g/mol. The van der Waals surface area contributed by atoms with Crippen molar-refractivity contribution in [1.29, 1.82) is 0 Å². The second kappa shape index (κ2) is 5.18. The molecule has 2 amide bonds. The number of amides is 2. The van der Waals surface area contributed by atoms with Crippen molar-refractivity contribution < 1.29 is 18.0 Å². The molecule has 5 aliphatic rings. The molecule has 4 fully saturated rings. The van der Waals surface area contributed by atoms with E-state index < -0.39 is 9.84 Å². The highest BCUT2D eigenvalue weighted by atomic mass is 32.2. The maximum atomic E-state index is 12.9. The molecule has 0 saturated heterocycles. The van der Waals surface area contributed by atoms with Crippen LogP contribution in [-0.2, 0) is 9.84 Å². The summed E-state index contributed by atoms with van der Waals surface area (Å²) in [6, 6.07) is 7.00. The molecule has 2 unspecified atom stereocenters. The number of sulfone groups is 1. The van der Waals surface area contributed by atoms with Gasteiger partial charge in [0, 0.05) is 12.3 Å². The molecule has 4 aliphatic carbocycles. The molecule has 138 valence electrons. The van der Waals surface area contributed by atoms with Crippen LogP contribution in [0.15, 0.2) is 24.3 Å². The van der Waals surface area contributed by atoms with Crippen LogP contribution < -0.4 is 0 Å². The van der Waals surface area contributed by atoms with Gasteiger partial charge >= 0.3 is 0 Å². The van der Waals surface area contributed by atoms with Crippen molar-refractivity contribution >= 4 is 21.7 Å². The number of carbonyl (C=O) groups excluding carboxylic acids is 2. The van der Waals surface area contributed by atoms with E-state index in [9.17, 15) is 18.0 Å². The summed E-state index contributed by atoms with van der Waals surface area (Å²) >= 11 is 0. The lowest BCUT2D eigenvalue weighted by molar-refractivity contribution is -0.0865. The van der Waals surface area contributed by atoms with Crippen LogP contribution in [0.4, 0.5) is 0 Å². The van der Waals surface area contributed by atoms with Gasteiger partial charge in [0.2, 0.25) is 0 Å². The SMILES string of the molecule is CS(=O)(=O)CC12CC3CC(C1)C(N1C(=O)c4ccccc4C1=O)C(C3)C2. The molecule has 6 heteroatoms. The molecule has 2 atom stereocenters. The smallest absolute Gasteiger partial charge is 0.261 e. The first-order valence-electron chi connectivity index (χ1n) is 9.41. The molecule has 1 aromatic rings. The Bertz CT molecular complexity index is 870. The van der Waals surface area contributed by atoms with Gasteiger partial charge in [0.15, 0.2) is 0 Å². The summed E-state index contributed by atoms with van der Waals surface area (Å²) in [7, 11) is -3.04. The van der Waals surface area contributed by atoms with E-state index in [4.69, 9.17) is 0 Å². The largest absolute Gasteiger partial charge is 0.271 e. The van der Waals surface area contributed by atoms with Crippen LogP contribution >= 0.6 is 0 Å². The lowest BCUT2D eigenvalue weighted by atomic mass is 9.48. The Balaban J connectivity index is 1.49. The molecule has 0 aromatic heterocycles. The zero-order valence-electron chi connectivity index (χ0n) is 14.8. The van der Waals surface area contributed by atoms with E-state index in [0.717, 1.165) is 32.1 Å². The average molecular weight is 373 g/mol. The monoisotopic (exact) mass is 373 g/mol. The lowest BCUT2D eigenvalue weighted by Gasteiger charge is -2.61. The van der Waals surface area contributed by atoms with Crippen molar-refractivity contribution in [2.24, 2.45) is 23.2 Å². The average Bonchev–Trinajstić information content (AvgIpc) is 2.77. The minimum atomic E-state index is -3.04. The lowest BCUT2D eigenvalue weighted by Crippen LogP contribution is -2.61. The van der Waals surface area contributed by atoms with Crippen LogP contribution in [0.5, 0.6) is 0 Å². The van der Waals surface area contributed by atoms with Gasteiger partial charge in [-0.05, 0) is 67.4 Å². The highest BCUT2D eigenvalue weighted by Gasteiger charge is 2.59. The minimum Gasteiger partial charge on any atom is -0.271 e. The first kappa shape index (κ1) is 16.5. The molecule has 0 radical (unpaired) electrons. The van der Waals surface area contributed by atoms with Crippen molar-refractivity contribution in [2.75, 3.05) is 12.0 Å². The van der Waals surface area contributed by atoms with Gasteiger partial charge in [-0.3, -0.25) is 14.5 Å². The third kappa shape index (κ3) is 2.30. The number of hydrogen-bond donors (Lipinski definition) is 0. The summed E-state index contributed by atoms with van der Waals surface area (Å²) in [5.41, 5.74) is 0.883. The Kier molecular flexibility index (Phi) is 3.29. The summed E-state index contributed by atoms with van der Waals surface area (Å²) in [4.78, 5) is 27.4. The van der Waals surface area contributed by atoms with Crippen LogP contribution in [-0.4, -0.2) is 43.2 Å². The summed E-state index contributed by atoms with van der Waals surface area (Å²) in [5, 5.41) is 0. The zero-order chi connectivity index (χ0) is 18.3. The third-order valence-corrected chi connectivity index (χ3v) is 8.18. The van der Waals surface area contributed by atoms with Crippen molar-refractivity contribution in [2.45, 2.75) is 38.1 Å². The topological polar surface area (TPSA) is 71.5 Å². The molecule has 0 N–H and O–H groups in total. The summed E-state index contributed by atoms with van der Waals surface area (Å²) < 4.78 is 24.0. The Hall–Kier alpha value is -1.69. The fourth-order valence-corrected chi connectivity index (χ4v) is 8.27. The fraction of sp³-hybridized carbons (Fsp3) is 0.600. The van der Waals surface area contributed by atoms with E-state index in [1.807, 2.05) is 0 Å². The molecule has 26 heavy (non-hydrogen) atoms. The predicted molar refractivity (Wildman–Crippen MR) is 96.4 cm³/mol. The summed E-state index contributed by atoms with van der Waals surface area (Å²) in [5.74, 6) is 0.940. The van der Waals surface area contributed by atoms with Crippen molar-refractivity contribution in [3.05, 3.63) is 35.4 Å². The molecule has 1 heterocycles. The number of imide groups is 1. The van der Waals surface area contributed by atoms with Gasteiger partial charge in [-0.25, -0.2) is 8.42 Å². The Morgan fingerprint density at radius 1 is 1.00 bits per heavy atom. The quantitative estimate of drug-likeness (QED) is 0.764. The fourth-order valence-electron chi connectivity index (χ4n) is 6.80. The zero-order valence-corrected chi connectivity index (χ0v) is 15.7. The molecule has 1 aromatic carbocycles. The maximum absolute atomic E-state index is 12.9. The van der Waals surface area contributed by atoms with E-state index in [0.29, 0.717) is 17.0 Å². The van der Waals surface area contributed by atoms with Gasteiger partial charge in [0.05, 0.1) is 16.9 Å². The van der Waals surface area contributed by atoms with Crippen LogP contribution in [0.3, 0.4) is 0 Å². The Morgan fingerprint density at radius 3 is 2.04 bits per heavy atom. The second-order valence-corrected chi connectivity index (χ2v) is 11.2. The minimum absolute atomic E-state index is 0.0633.